The molecule has 1 N–H and O–H groups in total. The van der Waals surface area contributed by atoms with Crippen LogP contribution >= 0.6 is 0 Å². The zero-order valence-electron chi connectivity index (χ0n) is 9.72. The topological polar surface area (TPSA) is 40.5 Å². The first-order valence-electron chi connectivity index (χ1n) is 6.02. The molecule has 1 saturated heterocycles. The van der Waals surface area contributed by atoms with Crippen LogP contribution in [0.3, 0.4) is 0 Å². The number of likely N-dealkylation sites (tertiary alicyclic amines) is 1. The van der Waals surface area contributed by atoms with Gasteiger partial charge in [0, 0.05) is 18.7 Å². The Morgan fingerprint density at radius 1 is 1.44 bits per heavy atom. The lowest BCUT2D eigenvalue weighted by Crippen LogP contribution is -2.40. The van der Waals surface area contributed by atoms with Crippen LogP contribution in [-0.4, -0.2) is 35.1 Å². The molecular formula is C13H19NO2. The molecule has 1 amide bonds. The van der Waals surface area contributed by atoms with Crippen molar-refractivity contribution in [1.29, 1.82) is 0 Å². The summed E-state index contributed by atoms with van der Waals surface area (Å²) in [6.45, 7) is 3.48. The third-order valence-corrected chi connectivity index (χ3v) is 3.27. The third kappa shape index (κ3) is 2.53. The van der Waals surface area contributed by atoms with Gasteiger partial charge in [0.1, 0.15) is 0 Å². The van der Waals surface area contributed by atoms with Crippen molar-refractivity contribution >= 4 is 5.91 Å². The van der Waals surface area contributed by atoms with Gasteiger partial charge in [-0.05, 0) is 25.2 Å². The molecular weight excluding hydrogens is 202 g/mol. The second-order valence-corrected chi connectivity index (χ2v) is 4.76. The van der Waals surface area contributed by atoms with Crippen LogP contribution in [0.1, 0.15) is 26.2 Å². The molecule has 1 atom stereocenters. The normalized spacial score (nSPS) is 26.8. The zero-order chi connectivity index (χ0) is 11.5. The van der Waals surface area contributed by atoms with Crippen molar-refractivity contribution in [3.05, 3.63) is 23.8 Å². The summed E-state index contributed by atoms with van der Waals surface area (Å²) >= 11 is 0. The Morgan fingerprint density at radius 3 is 2.75 bits per heavy atom. The van der Waals surface area contributed by atoms with Crippen LogP contribution in [0.4, 0.5) is 0 Å². The summed E-state index contributed by atoms with van der Waals surface area (Å²) in [5.41, 5.74) is 0.815. The minimum absolute atomic E-state index is 0.120. The average molecular weight is 221 g/mol. The van der Waals surface area contributed by atoms with E-state index in [0.717, 1.165) is 12.0 Å². The highest BCUT2D eigenvalue weighted by Gasteiger charge is 2.23. The molecule has 0 radical (unpaired) electrons. The van der Waals surface area contributed by atoms with Gasteiger partial charge in [-0.25, -0.2) is 0 Å². The van der Waals surface area contributed by atoms with Crippen LogP contribution in [0.5, 0.6) is 0 Å². The van der Waals surface area contributed by atoms with Crippen LogP contribution in [0.25, 0.3) is 0 Å². The number of aliphatic hydroxyl groups is 1. The lowest BCUT2D eigenvalue weighted by atomic mass is 9.96. The van der Waals surface area contributed by atoms with Crippen molar-refractivity contribution in [2.24, 2.45) is 5.92 Å². The van der Waals surface area contributed by atoms with Crippen molar-refractivity contribution in [1.82, 2.24) is 4.90 Å². The number of allylic oxidation sites excluding steroid dienone is 2. The quantitative estimate of drug-likeness (QED) is 0.729. The Balaban J connectivity index is 1.99. The van der Waals surface area contributed by atoms with E-state index in [1.54, 1.807) is 0 Å². The van der Waals surface area contributed by atoms with Gasteiger partial charge in [0.15, 0.2) is 0 Å². The molecule has 1 aliphatic heterocycles. The number of hydrogen-bond donors (Lipinski definition) is 1. The zero-order valence-corrected chi connectivity index (χ0v) is 9.72. The van der Waals surface area contributed by atoms with Gasteiger partial charge >= 0.3 is 0 Å². The lowest BCUT2D eigenvalue weighted by molar-refractivity contribution is -0.128. The Labute approximate surface area is 96.4 Å². The predicted octanol–water partition coefficient (Wildman–Crippen LogP) is 1.49. The fourth-order valence-corrected chi connectivity index (χ4v) is 2.23. The maximum absolute atomic E-state index is 12.1. The highest BCUT2D eigenvalue weighted by atomic mass is 16.3. The van der Waals surface area contributed by atoms with Crippen LogP contribution < -0.4 is 0 Å². The summed E-state index contributed by atoms with van der Waals surface area (Å²) in [6, 6.07) is 0. The van der Waals surface area contributed by atoms with Gasteiger partial charge in [-0.3, -0.25) is 4.79 Å². The molecule has 1 unspecified atom stereocenters. The Morgan fingerprint density at radius 2 is 2.12 bits per heavy atom. The molecule has 0 aromatic heterocycles. The summed E-state index contributed by atoms with van der Waals surface area (Å²) < 4.78 is 0. The Kier molecular flexibility index (Phi) is 3.44. The summed E-state index contributed by atoms with van der Waals surface area (Å²) in [6.07, 6.45) is 8.25. The molecule has 0 bridgehead atoms. The van der Waals surface area contributed by atoms with E-state index in [0.29, 0.717) is 31.8 Å². The first-order valence-corrected chi connectivity index (χ1v) is 6.02. The number of hydrogen-bond acceptors (Lipinski definition) is 2. The van der Waals surface area contributed by atoms with Crippen molar-refractivity contribution in [2.45, 2.75) is 32.3 Å². The molecule has 0 spiro atoms. The van der Waals surface area contributed by atoms with Gasteiger partial charge in [0.25, 0.3) is 5.91 Å². The molecule has 3 nitrogen and oxygen atoms in total. The molecule has 0 aromatic carbocycles. The number of amides is 1. The largest absolute Gasteiger partial charge is 0.393 e. The minimum atomic E-state index is -0.223. The first kappa shape index (κ1) is 11.4. The van der Waals surface area contributed by atoms with Crippen LogP contribution in [0.2, 0.25) is 0 Å². The highest BCUT2D eigenvalue weighted by Crippen LogP contribution is 2.19. The van der Waals surface area contributed by atoms with Gasteiger partial charge in [0.2, 0.25) is 0 Å². The number of piperidine rings is 1. The molecule has 3 heteroatoms. The minimum Gasteiger partial charge on any atom is -0.393 e. The molecule has 2 rings (SSSR count). The molecule has 88 valence electrons. The van der Waals surface area contributed by atoms with Crippen molar-refractivity contribution in [3.8, 4) is 0 Å². The van der Waals surface area contributed by atoms with Gasteiger partial charge in [-0.1, -0.05) is 25.2 Å². The third-order valence-electron chi connectivity index (χ3n) is 3.27. The van der Waals surface area contributed by atoms with E-state index >= 15 is 0 Å². The van der Waals surface area contributed by atoms with Crippen LogP contribution in [0.15, 0.2) is 23.8 Å². The molecule has 16 heavy (non-hydrogen) atoms. The first-order chi connectivity index (χ1) is 7.66. The SMILES string of the molecule is CC1C=C(C(=O)N2CCC(O)CC2)C=CC1. The summed E-state index contributed by atoms with van der Waals surface area (Å²) in [5, 5.41) is 9.39. The summed E-state index contributed by atoms with van der Waals surface area (Å²) in [4.78, 5) is 14.0. The molecule has 1 fully saturated rings. The van der Waals surface area contributed by atoms with E-state index in [-0.39, 0.29) is 12.0 Å². The standard InChI is InChI=1S/C13H19NO2/c1-10-3-2-4-11(9-10)13(16)14-7-5-12(15)6-8-14/h2,4,9-10,12,15H,3,5-8H2,1H3. The lowest BCUT2D eigenvalue weighted by Gasteiger charge is -2.30. The van der Waals surface area contributed by atoms with Gasteiger partial charge in [-0.2, -0.15) is 0 Å². The summed E-state index contributed by atoms with van der Waals surface area (Å²) in [5.74, 6) is 0.578. The second-order valence-electron chi connectivity index (χ2n) is 4.76. The smallest absolute Gasteiger partial charge is 0.253 e. The molecule has 1 heterocycles. The van der Waals surface area contributed by atoms with Gasteiger partial charge in [0.05, 0.1) is 6.10 Å². The summed E-state index contributed by atoms with van der Waals surface area (Å²) in [7, 11) is 0. The predicted molar refractivity (Wildman–Crippen MR) is 62.8 cm³/mol. The maximum Gasteiger partial charge on any atom is 0.253 e. The number of carbonyl (C=O) groups is 1. The van der Waals surface area contributed by atoms with Crippen molar-refractivity contribution < 1.29 is 9.90 Å². The van der Waals surface area contributed by atoms with E-state index in [1.165, 1.54) is 0 Å². The van der Waals surface area contributed by atoms with Gasteiger partial charge < -0.3 is 10.0 Å². The van der Waals surface area contributed by atoms with Crippen molar-refractivity contribution in [2.75, 3.05) is 13.1 Å². The maximum atomic E-state index is 12.1. The number of carbonyl (C=O) groups excluding carboxylic acids is 1. The Bertz CT molecular complexity index is 325. The fraction of sp³-hybridized carbons (Fsp3) is 0.615. The molecule has 0 saturated carbocycles. The fourth-order valence-electron chi connectivity index (χ4n) is 2.23. The molecule has 0 aromatic rings. The molecule has 2 aliphatic rings. The van der Waals surface area contributed by atoms with Crippen LogP contribution in [0, 0.1) is 5.92 Å². The van der Waals surface area contributed by atoms with E-state index in [4.69, 9.17) is 0 Å². The number of aliphatic hydroxyl groups excluding tert-OH is 1. The van der Waals surface area contributed by atoms with E-state index < -0.39 is 0 Å². The highest BCUT2D eigenvalue weighted by molar-refractivity contribution is 5.96. The second kappa shape index (κ2) is 4.83. The molecule has 1 aliphatic carbocycles. The Hall–Kier alpha value is -1.09. The van der Waals surface area contributed by atoms with E-state index in [2.05, 4.69) is 13.0 Å². The number of rotatable bonds is 1. The van der Waals surface area contributed by atoms with Gasteiger partial charge in [-0.15, -0.1) is 0 Å². The van der Waals surface area contributed by atoms with Crippen LogP contribution in [-0.2, 0) is 4.79 Å². The average Bonchev–Trinajstić information content (AvgIpc) is 2.29. The number of nitrogens with zero attached hydrogens (tertiary/aromatic N) is 1. The van der Waals surface area contributed by atoms with E-state index in [1.807, 2.05) is 17.1 Å². The van der Waals surface area contributed by atoms with Crippen molar-refractivity contribution in [3.63, 3.8) is 0 Å². The van der Waals surface area contributed by atoms with E-state index in [9.17, 15) is 9.90 Å². The monoisotopic (exact) mass is 221 g/mol.